The molecule has 0 amide bonds. The molecule has 0 heterocycles. The third kappa shape index (κ3) is 9.95. The summed E-state index contributed by atoms with van der Waals surface area (Å²) in [6.07, 6.45) is 10.7. The van der Waals surface area contributed by atoms with Crippen LogP contribution in [-0.4, -0.2) is 61.8 Å². The van der Waals surface area contributed by atoms with Gasteiger partial charge in [-0.2, -0.15) is 0 Å². The topological polar surface area (TPSA) is 27.7 Å². The Labute approximate surface area is 140 Å². The summed E-state index contributed by atoms with van der Waals surface area (Å²) in [6, 6.07) is 0.898. The average molecular weight is 335 g/mol. The van der Waals surface area contributed by atoms with Crippen LogP contribution in [0.3, 0.4) is 0 Å². The van der Waals surface area contributed by atoms with Crippen LogP contribution in [0.5, 0.6) is 0 Å². The van der Waals surface area contributed by atoms with E-state index in [1.54, 1.807) is 21.3 Å². The first-order valence-electron chi connectivity index (χ1n) is 8.92. The van der Waals surface area contributed by atoms with Crippen molar-refractivity contribution in [3.05, 3.63) is 0 Å². The van der Waals surface area contributed by atoms with E-state index in [0.717, 1.165) is 23.5 Å². The molecule has 0 saturated heterocycles. The van der Waals surface area contributed by atoms with E-state index in [2.05, 4.69) is 21.0 Å². The predicted molar refractivity (Wildman–Crippen MR) is 96.0 cm³/mol. The van der Waals surface area contributed by atoms with Crippen LogP contribution < -0.4 is 0 Å². The van der Waals surface area contributed by atoms with Crippen LogP contribution in [-0.2, 0) is 13.3 Å². The van der Waals surface area contributed by atoms with Crippen molar-refractivity contribution in [2.24, 2.45) is 0 Å². The molecule has 4 nitrogen and oxygen atoms in total. The van der Waals surface area contributed by atoms with Crippen molar-refractivity contribution in [2.75, 3.05) is 48.5 Å². The second-order valence-corrected chi connectivity index (χ2v) is 9.99. The van der Waals surface area contributed by atoms with Gasteiger partial charge in [-0.1, -0.05) is 39.0 Å². The van der Waals surface area contributed by atoms with Gasteiger partial charge in [0.15, 0.2) is 0 Å². The van der Waals surface area contributed by atoms with Crippen LogP contribution in [0.15, 0.2) is 0 Å². The Morgan fingerprint density at radius 2 is 1.14 bits per heavy atom. The standard InChI is InChI=1S/C17H40NO3Si/c1-7-8-9-10-11-12-13-15-18(2,3)16-14-17-22(19-4,20-5)21-6/h7-17H2,1-6H3/q+1. The molecule has 5 heteroatoms. The molecular weight excluding hydrogens is 294 g/mol. The molecule has 0 aromatic rings. The van der Waals surface area contributed by atoms with E-state index in [1.807, 2.05) is 0 Å². The summed E-state index contributed by atoms with van der Waals surface area (Å²) >= 11 is 0. The Kier molecular flexibility index (Phi) is 12.5. The zero-order valence-electron chi connectivity index (χ0n) is 16.0. The van der Waals surface area contributed by atoms with Crippen LogP contribution in [0.25, 0.3) is 0 Å². The zero-order valence-corrected chi connectivity index (χ0v) is 17.0. The molecule has 0 aliphatic rings. The maximum Gasteiger partial charge on any atom is 0.500 e. The molecule has 0 aliphatic carbocycles. The lowest BCUT2D eigenvalue weighted by atomic mass is 10.1. The minimum Gasteiger partial charge on any atom is -0.377 e. The Balaban J connectivity index is 3.81. The van der Waals surface area contributed by atoms with E-state index in [0.29, 0.717) is 0 Å². The van der Waals surface area contributed by atoms with Gasteiger partial charge in [-0.05, 0) is 12.8 Å². The molecule has 22 heavy (non-hydrogen) atoms. The average Bonchev–Trinajstić information content (AvgIpc) is 2.51. The fourth-order valence-electron chi connectivity index (χ4n) is 2.89. The Bertz CT molecular complexity index is 250. The molecule has 134 valence electrons. The van der Waals surface area contributed by atoms with Crippen molar-refractivity contribution in [1.29, 1.82) is 0 Å². The highest BCUT2D eigenvalue weighted by Gasteiger charge is 2.37. The predicted octanol–water partition coefficient (Wildman–Crippen LogP) is 4.08. The molecule has 0 radical (unpaired) electrons. The van der Waals surface area contributed by atoms with Crippen molar-refractivity contribution < 1.29 is 17.8 Å². The summed E-state index contributed by atoms with van der Waals surface area (Å²) in [5.41, 5.74) is 0. The normalized spacial score (nSPS) is 12.8. The van der Waals surface area contributed by atoms with Gasteiger partial charge in [0.05, 0.1) is 27.2 Å². The molecule has 0 spiro atoms. The molecule has 0 fully saturated rings. The number of hydrogen-bond donors (Lipinski definition) is 0. The number of quaternary nitrogens is 1. The first-order valence-corrected chi connectivity index (χ1v) is 10.9. The van der Waals surface area contributed by atoms with Gasteiger partial charge in [0.1, 0.15) is 0 Å². The van der Waals surface area contributed by atoms with Crippen LogP contribution in [0.4, 0.5) is 0 Å². The van der Waals surface area contributed by atoms with Crippen LogP contribution >= 0.6 is 0 Å². The molecule has 0 saturated carbocycles. The number of unbranched alkanes of at least 4 members (excludes halogenated alkanes) is 6. The molecule has 0 aromatic heterocycles. The second kappa shape index (κ2) is 12.5. The molecule has 0 bridgehead atoms. The molecular formula is C17H40NO3Si+. The molecule has 0 aliphatic heterocycles. The lowest BCUT2D eigenvalue weighted by Gasteiger charge is -2.31. The van der Waals surface area contributed by atoms with E-state index in [-0.39, 0.29) is 0 Å². The van der Waals surface area contributed by atoms with Crippen molar-refractivity contribution in [3.63, 3.8) is 0 Å². The summed E-state index contributed by atoms with van der Waals surface area (Å²) in [5, 5.41) is 0. The fraction of sp³-hybridized carbons (Fsp3) is 1.00. The molecule has 0 N–H and O–H groups in total. The van der Waals surface area contributed by atoms with E-state index in [4.69, 9.17) is 13.3 Å². The Hall–Kier alpha value is 0.0569. The quantitative estimate of drug-likeness (QED) is 0.256. The fourth-order valence-corrected chi connectivity index (χ4v) is 4.59. The van der Waals surface area contributed by atoms with Crippen molar-refractivity contribution in [3.8, 4) is 0 Å². The van der Waals surface area contributed by atoms with Crippen LogP contribution in [0, 0.1) is 0 Å². The smallest absolute Gasteiger partial charge is 0.377 e. The maximum absolute atomic E-state index is 5.48. The summed E-state index contributed by atoms with van der Waals surface area (Å²) in [5.74, 6) is 0. The first kappa shape index (κ1) is 22.1. The van der Waals surface area contributed by atoms with E-state index in [1.165, 1.54) is 51.5 Å². The first-order chi connectivity index (χ1) is 10.4. The van der Waals surface area contributed by atoms with Gasteiger partial charge in [0.2, 0.25) is 0 Å². The van der Waals surface area contributed by atoms with Crippen molar-refractivity contribution >= 4 is 8.80 Å². The molecule has 0 unspecified atom stereocenters. The Morgan fingerprint density at radius 3 is 1.64 bits per heavy atom. The zero-order chi connectivity index (χ0) is 16.9. The van der Waals surface area contributed by atoms with Gasteiger partial charge in [-0.15, -0.1) is 0 Å². The number of nitrogens with zero attached hydrogens (tertiary/aromatic N) is 1. The van der Waals surface area contributed by atoms with E-state index < -0.39 is 8.80 Å². The minimum atomic E-state index is -2.38. The van der Waals surface area contributed by atoms with Gasteiger partial charge in [-0.3, -0.25) is 0 Å². The lowest BCUT2D eigenvalue weighted by molar-refractivity contribution is -0.890. The highest BCUT2D eigenvalue weighted by Crippen LogP contribution is 2.17. The Morgan fingerprint density at radius 1 is 0.682 bits per heavy atom. The summed E-state index contributed by atoms with van der Waals surface area (Å²) in [6.45, 7) is 4.68. The van der Waals surface area contributed by atoms with Gasteiger partial charge in [-0.25, -0.2) is 0 Å². The van der Waals surface area contributed by atoms with E-state index in [9.17, 15) is 0 Å². The third-order valence-electron chi connectivity index (χ3n) is 4.55. The summed E-state index contributed by atoms with van der Waals surface area (Å²) < 4.78 is 17.5. The van der Waals surface area contributed by atoms with Gasteiger partial charge in [0, 0.05) is 33.8 Å². The lowest BCUT2D eigenvalue weighted by Crippen LogP contribution is -2.45. The maximum atomic E-state index is 5.48. The van der Waals surface area contributed by atoms with Crippen molar-refractivity contribution in [2.45, 2.75) is 64.3 Å². The SMILES string of the molecule is CCCCCCCCC[N+](C)(C)CCC[Si](OC)(OC)OC. The highest BCUT2D eigenvalue weighted by molar-refractivity contribution is 6.60. The molecule has 0 atom stereocenters. The van der Waals surface area contributed by atoms with Crippen molar-refractivity contribution in [1.82, 2.24) is 0 Å². The third-order valence-corrected chi connectivity index (χ3v) is 7.38. The minimum absolute atomic E-state index is 0.898. The molecule has 0 rings (SSSR count). The van der Waals surface area contributed by atoms with Crippen LogP contribution in [0.2, 0.25) is 6.04 Å². The van der Waals surface area contributed by atoms with Crippen LogP contribution in [0.1, 0.15) is 58.3 Å². The monoisotopic (exact) mass is 334 g/mol. The van der Waals surface area contributed by atoms with E-state index >= 15 is 0 Å². The van der Waals surface area contributed by atoms with Gasteiger partial charge in [0.25, 0.3) is 0 Å². The molecule has 0 aromatic carbocycles. The number of rotatable bonds is 15. The van der Waals surface area contributed by atoms with Gasteiger partial charge >= 0.3 is 8.80 Å². The highest BCUT2D eigenvalue weighted by atomic mass is 28.4. The second-order valence-electron chi connectivity index (χ2n) is 6.90. The van der Waals surface area contributed by atoms with Gasteiger partial charge < -0.3 is 17.8 Å². The number of hydrogen-bond acceptors (Lipinski definition) is 3. The summed E-state index contributed by atoms with van der Waals surface area (Å²) in [4.78, 5) is 0. The summed E-state index contributed by atoms with van der Waals surface area (Å²) in [7, 11) is 7.34. The largest absolute Gasteiger partial charge is 0.500 e.